The topological polar surface area (TPSA) is 86.4 Å². The van der Waals surface area contributed by atoms with E-state index in [-0.39, 0.29) is 23.7 Å². The van der Waals surface area contributed by atoms with Crippen LogP contribution < -0.4 is 4.74 Å². The van der Waals surface area contributed by atoms with Crippen LogP contribution >= 0.6 is 0 Å². The zero-order valence-corrected chi connectivity index (χ0v) is 19.9. The summed E-state index contributed by atoms with van der Waals surface area (Å²) >= 11 is 0. The number of hydrogen-bond acceptors (Lipinski definition) is 6. The molecule has 2 aliphatic heterocycles. The standard InChI is InChI=1S/C28H30N2O5/c1-29(23(32)9-7-19-3-2-14-34-19)20-10-11-28(33)22-15-18-6-8-21(31)25-24(18)27(28,26(20)35-25)12-13-30(22)16-17-4-5-17/h2-3,6,8,14,17,20,22,26,31,33H,4-5,10-13,15-16H2,1H3/t20-,22-,26+,27+,28-/m1/s1. The minimum Gasteiger partial charge on any atom is -0.504 e. The third kappa shape index (κ3) is 2.84. The maximum Gasteiger partial charge on any atom is 0.299 e. The summed E-state index contributed by atoms with van der Waals surface area (Å²) in [6.45, 7) is 1.93. The second kappa shape index (κ2) is 7.28. The Hall–Kier alpha value is -2.95. The number of aliphatic hydroxyl groups is 1. The van der Waals surface area contributed by atoms with Crippen LogP contribution in [0, 0.1) is 17.8 Å². The Kier molecular flexibility index (Phi) is 4.44. The lowest BCUT2D eigenvalue weighted by Crippen LogP contribution is -2.78. The van der Waals surface area contributed by atoms with Crippen LogP contribution in [0.4, 0.5) is 0 Å². The highest BCUT2D eigenvalue weighted by atomic mass is 16.5. The molecule has 0 radical (unpaired) electrons. The highest BCUT2D eigenvalue weighted by Gasteiger charge is 2.73. The van der Waals surface area contributed by atoms with E-state index in [4.69, 9.17) is 9.15 Å². The van der Waals surface area contributed by atoms with Crippen LogP contribution in [0.5, 0.6) is 11.5 Å². The zero-order valence-electron chi connectivity index (χ0n) is 19.9. The van der Waals surface area contributed by atoms with Crippen molar-refractivity contribution in [1.29, 1.82) is 0 Å². The number of nitrogens with zero attached hydrogens (tertiary/aromatic N) is 2. The van der Waals surface area contributed by atoms with E-state index in [1.54, 1.807) is 30.1 Å². The Morgan fingerprint density at radius 2 is 2.11 bits per heavy atom. The number of likely N-dealkylation sites (tertiary alicyclic amines) is 1. The lowest BCUT2D eigenvalue weighted by Gasteiger charge is -2.64. The van der Waals surface area contributed by atoms with Gasteiger partial charge >= 0.3 is 0 Å². The second-order valence-corrected chi connectivity index (χ2v) is 11.0. The molecule has 1 amide bonds. The Bertz CT molecular complexity index is 1260. The molecule has 3 aliphatic carbocycles. The SMILES string of the molecule is CN(C(=O)C#Cc1ccco1)[C@@H]1CC[C@@]2(O)[C@H]3Cc4ccc(O)c5c4[C@@]2(CCN3CC2CC2)[C@H]1O5. The van der Waals surface area contributed by atoms with Gasteiger partial charge in [0.15, 0.2) is 17.3 Å². The minimum absolute atomic E-state index is 0.0200. The second-order valence-electron chi connectivity index (χ2n) is 11.0. The normalized spacial score (nSPS) is 34.4. The molecule has 2 bridgehead atoms. The van der Waals surface area contributed by atoms with E-state index < -0.39 is 17.1 Å². The highest BCUT2D eigenvalue weighted by molar-refractivity contribution is 5.94. The van der Waals surface area contributed by atoms with Crippen molar-refractivity contribution in [3.8, 4) is 23.3 Å². The molecule has 1 aromatic heterocycles. The average molecular weight is 475 g/mol. The number of phenolic OH excluding ortho intramolecular Hbond substituents is 1. The fraction of sp³-hybridized carbons (Fsp3) is 0.536. The van der Waals surface area contributed by atoms with Crippen LogP contribution in [0.3, 0.4) is 0 Å². The number of piperidine rings is 1. The Morgan fingerprint density at radius 3 is 2.89 bits per heavy atom. The molecule has 7 rings (SSSR count). The summed E-state index contributed by atoms with van der Waals surface area (Å²) in [5.41, 5.74) is 0.518. The van der Waals surface area contributed by atoms with E-state index in [1.165, 1.54) is 19.1 Å². The van der Waals surface area contributed by atoms with Crippen molar-refractivity contribution < 1.29 is 24.2 Å². The summed E-state index contributed by atoms with van der Waals surface area (Å²) in [6.07, 6.45) is 6.36. The summed E-state index contributed by atoms with van der Waals surface area (Å²) in [5.74, 6) is 6.97. The smallest absolute Gasteiger partial charge is 0.299 e. The van der Waals surface area contributed by atoms with Crippen molar-refractivity contribution in [3.05, 3.63) is 47.4 Å². The Morgan fingerprint density at radius 1 is 1.26 bits per heavy atom. The molecule has 3 fully saturated rings. The molecule has 1 saturated heterocycles. The number of ether oxygens (including phenoxy) is 1. The number of aromatic hydroxyl groups is 1. The molecule has 7 heteroatoms. The number of phenols is 1. The summed E-state index contributed by atoms with van der Waals surface area (Å²) in [5, 5.41) is 23.3. The lowest BCUT2D eigenvalue weighted by atomic mass is 9.48. The van der Waals surface area contributed by atoms with E-state index in [1.807, 2.05) is 6.07 Å². The molecular formula is C28H30N2O5. The molecule has 5 aliphatic rings. The van der Waals surface area contributed by atoms with Crippen molar-refractivity contribution in [2.45, 2.75) is 67.7 Å². The quantitative estimate of drug-likeness (QED) is 0.665. The van der Waals surface area contributed by atoms with E-state index in [2.05, 4.69) is 16.7 Å². The van der Waals surface area contributed by atoms with E-state index in [0.29, 0.717) is 24.4 Å². The van der Waals surface area contributed by atoms with Gasteiger partial charge < -0.3 is 24.3 Å². The predicted octanol–water partition coefficient (Wildman–Crippen LogP) is 2.43. The van der Waals surface area contributed by atoms with E-state index >= 15 is 0 Å². The van der Waals surface area contributed by atoms with Gasteiger partial charge in [-0.25, -0.2) is 0 Å². The van der Waals surface area contributed by atoms with Crippen molar-refractivity contribution in [1.82, 2.24) is 9.80 Å². The van der Waals surface area contributed by atoms with Gasteiger partial charge in [-0.3, -0.25) is 9.69 Å². The van der Waals surface area contributed by atoms with Crippen LogP contribution in [0.2, 0.25) is 0 Å². The van der Waals surface area contributed by atoms with Gasteiger partial charge in [-0.2, -0.15) is 0 Å². The molecule has 2 aromatic rings. The number of hydrogen-bond donors (Lipinski definition) is 2. The maximum absolute atomic E-state index is 13.1. The van der Waals surface area contributed by atoms with Crippen LogP contribution in [-0.2, 0) is 16.6 Å². The summed E-state index contributed by atoms with van der Waals surface area (Å²) in [6, 6.07) is 6.93. The molecule has 2 N–H and O–H groups in total. The van der Waals surface area contributed by atoms with Crippen molar-refractivity contribution in [2.75, 3.05) is 20.1 Å². The molecule has 1 spiro atoms. The lowest BCUT2D eigenvalue weighted by molar-refractivity contribution is -0.199. The Labute approximate surface area is 204 Å². The monoisotopic (exact) mass is 474 g/mol. The molecule has 182 valence electrons. The number of benzene rings is 1. The Balaban J connectivity index is 1.29. The fourth-order valence-electron chi connectivity index (χ4n) is 7.56. The molecule has 0 unspecified atom stereocenters. The average Bonchev–Trinajstić information content (AvgIpc) is 3.36. The molecule has 35 heavy (non-hydrogen) atoms. The van der Waals surface area contributed by atoms with Gasteiger partial charge in [-0.05, 0) is 80.7 Å². The van der Waals surface area contributed by atoms with Crippen LogP contribution in [-0.4, -0.2) is 69.8 Å². The van der Waals surface area contributed by atoms with Gasteiger partial charge in [0.25, 0.3) is 5.91 Å². The first-order valence-electron chi connectivity index (χ1n) is 12.7. The van der Waals surface area contributed by atoms with Crippen LogP contribution in [0.25, 0.3) is 0 Å². The number of carbonyl (C=O) groups excluding carboxylic acids is 1. The van der Waals surface area contributed by atoms with Crippen molar-refractivity contribution >= 4 is 5.91 Å². The highest BCUT2D eigenvalue weighted by Crippen LogP contribution is 2.66. The first-order valence-corrected chi connectivity index (χ1v) is 12.7. The van der Waals surface area contributed by atoms with Crippen molar-refractivity contribution in [2.24, 2.45) is 5.92 Å². The summed E-state index contributed by atoms with van der Waals surface area (Å²) in [7, 11) is 1.76. The predicted molar refractivity (Wildman–Crippen MR) is 127 cm³/mol. The number of amides is 1. The third-order valence-electron chi connectivity index (χ3n) is 9.36. The molecule has 5 atom stereocenters. The molecule has 1 aromatic carbocycles. The van der Waals surface area contributed by atoms with Gasteiger partial charge in [0.1, 0.15) is 6.10 Å². The van der Waals surface area contributed by atoms with Crippen molar-refractivity contribution in [3.63, 3.8) is 0 Å². The van der Waals surface area contributed by atoms with E-state index in [9.17, 15) is 15.0 Å². The number of likely N-dealkylation sites (N-methyl/N-ethyl adjacent to an activating group) is 1. The maximum atomic E-state index is 13.1. The number of carbonyl (C=O) groups is 1. The first kappa shape index (κ1) is 21.3. The zero-order chi connectivity index (χ0) is 23.9. The summed E-state index contributed by atoms with van der Waals surface area (Å²) < 4.78 is 11.8. The van der Waals surface area contributed by atoms with Gasteiger partial charge in [-0.1, -0.05) is 6.07 Å². The van der Waals surface area contributed by atoms with Gasteiger partial charge in [0.2, 0.25) is 0 Å². The first-order chi connectivity index (χ1) is 16.9. The third-order valence-corrected chi connectivity index (χ3v) is 9.36. The van der Waals surface area contributed by atoms with Crippen LogP contribution in [0.15, 0.2) is 34.9 Å². The number of rotatable bonds is 3. The molecule has 3 heterocycles. The van der Waals surface area contributed by atoms with Crippen LogP contribution in [0.1, 0.15) is 49.0 Å². The summed E-state index contributed by atoms with van der Waals surface area (Å²) in [4.78, 5) is 17.3. The van der Waals surface area contributed by atoms with Gasteiger partial charge in [0, 0.05) is 31.1 Å². The molecule has 2 saturated carbocycles. The van der Waals surface area contributed by atoms with E-state index in [0.717, 1.165) is 43.0 Å². The fourth-order valence-corrected chi connectivity index (χ4v) is 7.56. The van der Waals surface area contributed by atoms with Gasteiger partial charge in [0.05, 0.1) is 23.3 Å². The van der Waals surface area contributed by atoms with Gasteiger partial charge in [-0.15, -0.1) is 0 Å². The number of furan rings is 1. The molecule has 7 nitrogen and oxygen atoms in total. The largest absolute Gasteiger partial charge is 0.504 e. The minimum atomic E-state index is -0.961. The molecular weight excluding hydrogens is 444 g/mol.